The van der Waals surface area contributed by atoms with Crippen molar-refractivity contribution in [1.29, 1.82) is 0 Å². The lowest BCUT2D eigenvalue weighted by atomic mass is 10.1. The summed E-state index contributed by atoms with van der Waals surface area (Å²) in [5.41, 5.74) is 2.80. The minimum atomic E-state index is -0.786. The highest BCUT2D eigenvalue weighted by Gasteiger charge is 2.22. The summed E-state index contributed by atoms with van der Waals surface area (Å²) in [6, 6.07) is 21.6. The highest BCUT2D eigenvalue weighted by Crippen LogP contribution is 2.25. The van der Waals surface area contributed by atoms with Gasteiger partial charge in [0.1, 0.15) is 0 Å². The van der Waals surface area contributed by atoms with E-state index in [4.69, 9.17) is 16.3 Å². The zero-order valence-corrected chi connectivity index (χ0v) is 19.3. The molecule has 8 heteroatoms. The summed E-state index contributed by atoms with van der Waals surface area (Å²) in [5, 5.41) is 4.91. The molecule has 32 heavy (non-hydrogen) atoms. The van der Waals surface area contributed by atoms with Gasteiger partial charge in [-0.3, -0.25) is 4.79 Å². The third-order valence-corrected chi connectivity index (χ3v) is 5.49. The quantitative estimate of drug-likeness (QED) is 0.246. The van der Waals surface area contributed by atoms with Crippen LogP contribution in [0.5, 0.6) is 0 Å². The molecule has 1 aromatic heterocycles. The number of esters is 1. The number of benzene rings is 3. The van der Waals surface area contributed by atoms with E-state index < -0.39 is 12.6 Å². The average Bonchev–Trinajstić information content (AvgIpc) is 3.25. The summed E-state index contributed by atoms with van der Waals surface area (Å²) in [6.07, 6.45) is 0. The number of hydrogen-bond donors (Lipinski definition) is 0. The molecule has 0 bridgehead atoms. The highest BCUT2D eigenvalue weighted by atomic mass is 79.9. The first-order valence-corrected chi connectivity index (χ1v) is 10.8. The first kappa shape index (κ1) is 21.9. The van der Waals surface area contributed by atoms with E-state index in [0.717, 1.165) is 15.6 Å². The molecule has 0 fully saturated rings. The number of Topliss-reactive ketones (excluding diaryl/α,β-unsaturated/α-hetero) is 1. The fraction of sp³-hybridized carbons (Fsp3) is 0.0833. The predicted molar refractivity (Wildman–Crippen MR) is 125 cm³/mol. The molecular formula is C24H17BrClN3O3. The molecular weight excluding hydrogens is 494 g/mol. The molecule has 4 rings (SSSR count). The van der Waals surface area contributed by atoms with E-state index in [1.807, 2.05) is 43.3 Å². The van der Waals surface area contributed by atoms with Gasteiger partial charge in [0.15, 0.2) is 18.2 Å². The molecule has 6 nitrogen and oxygen atoms in total. The van der Waals surface area contributed by atoms with Crippen LogP contribution < -0.4 is 0 Å². The molecule has 160 valence electrons. The lowest BCUT2D eigenvalue weighted by Crippen LogP contribution is -2.15. The Morgan fingerprint density at radius 3 is 2.47 bits per heavy atom. The predicted octanol–water partition coefficient (Wildman–Crippen LogP) is 5.70. The normalized spacial score (nSPS) is 10.7. The number of nitrogens with zero attached hydrogens (tertiary/aromatic N) is 3. The van der Waals surface area contributed by atoms with Crippen LogP contribution in [0.2, 0.25) is 5.02 Å². The molecule has 0 aliphatic rings. The maximum Gasteiger partial charge on any atom is 0.378 e. The van der Waals surface area contributed by atoms with Crippen molar-refractivity contribution in [3.05, 3.63) is 99.2 Å². The zero-order valence-electron chi connectivity index (χ0n) is 17.0. The van der Waals surface area contributed by atoms with Gasteiger partial charge < -0.3 is 4.74 Å². The van der Waals surface area contributed by atoms with Gasteiger partial charge in [-0.05, 0) is 36.8 Å². The van der Waals surface area contributed by atoms with Gasteiger partial charge >= 0.3 is 5.97 Å². The van der Waals surface area contributed by atoms with E-state index >= 15 is 0 Å². The minimum Gasteiger partial charge on any atom is -0.451 e. The molecule has 0 aliphatic carbocycles. The molecule has 0 saturated heterocycles. The van der Waals surface area contributed by atoms with Gasteiger partial charge in [0.05, 0.1) is 5.69 Å². The monoisotopic (exact) mass is 509 g/mol. The number of carbonyl (C=O) groups is 2. The Morgan fingerprint density at radius 1 is 1.03 bits per heavy atom. The van der Waals surface area contributed by atoms with Gasteiger partial charge in [0, 0.05) is 20.6 Å². The van der Waals surface area contributed by atoms with Gasteiger partial charge in [-0.15, -0.1) is 5.10 Å². The highest BCUT2D eigenvalue weighted by molar-refractivity contribution is 9.10. The molecule has 0 amide bonds. The molecule has 0 aliphatic heterocycles. The van der Waals surface area contributed by atoms with E-state index in [0.29, 0.717) is 22.1 Å². The summed E-state index contributed by atoms with van der Waals surface area (Å²) >= 11 is 9.51. The van der Waals surface area contributed by atoms with Crippen molar-refractivity contribution in [3.8, 4) is 17.1 Å². The molecule has 0 radical (unpaired) electrons. The molecule has 0 spiro atoms. The summed E-state index contributed by atoms with van der Waals surface area (Å²) in [5.74, 6) is -0.792. The van der Waals surface area contributed by atoms with Crippen molar-refractivity contribution < 1.29 is 14.3 Å². The standard InChI is InChI=1S/C24H17BrClN3O3/c1-15-7-12-19(26)13-20(15)29-23(17-5-3-2-4-6-17)27-22(28-29)24(31)32-14-21(30)16-8-10-18(25)11-9-16/h2-13H,14H2,1H3. The Bertz CT molecular complexity index is 1290. The minimum absolute atomic E-state index is 0.146. The van der Waals surface area contributed by atoms with Crippen LogP contribution in [0.25, 0.3) is 17.1 Å². The number of aromatic nitrogens is 3. The molecule has 0 saturated carbocycles. The fourth-order valence-electron chi connectivity index (χ4n) is 3.07. The summed E-state index contributed by atoms with van der Waals surface area (Å²) < 4.78 is 7.62. The molecule has 0 N–H and O–H groups in total. The van der Waals surface area contributed by atoms with Crippen molar-refractivity contribution in [3.63, 3.8) is 0 Å². The first-order valence-electron chi connectivity index (χ1n) is 9.67. The van der Waals surface area contributed by atoms with E-state index in [1.54, 1.807) is 41.1 Å². The van der Waals surface area contributed by atoms with Crippen molar-refractivity contribution in [1.82, 2.24) is 14.8 Å². The van der Waals surface area contributed by atoms with Crippen LogP contribution in [0.4, 0.5) is 0 Å². The van der Waals surface area contributed by atoms with E-state index in [9.17, 15) is 9.59 Å². The number of hydrogen-bond acceptors (Lipinski definition) is 5. The van der Waals surface area contributed by atoms with Crippen LogP contribution in [0.15, 0.2) is 77.3 Å². The van der Waals surface area contributed by atoms with Gasteiger partial charge in [0.25, 0.3) is 5.82 Å². The molecule has 3 aromatic carbocycles. The Kier molecular flexibility index (Phi) is 6.48. The Labute approximate surface area is 197 Å². The maximum atomic E-state index is 12.7. The van der Waals surface area contributed by atoms with Crippen LogP contribution in [-0.4, -0.2) is 33.1 Å². The van der Waals surface area contributed by atoms with Crippen LogP contribution >= 0.6 is 27.5 Å². The van der Waals surface area contributed by atoms with Crippen molar-refractivity contribution in [2.45, 2.75) is 6.92 Å². The summed E-state index contributed by atoms with van der Waals surface area (Å²) in [7, 11) is 0. The largest absolute Gasteiger partial charge is 0.451 e. The molecule has 1 heterocycles. The average molecular weight is 511 g/mol. The fourth-order valence-corrected chi connectivity index (χ4v) is 3.50. The third-order valence-electron chi connectivity index (χ3n) is 4.72. The lowest BCUT2D eigenvalue weighted by Gasteiger charge is -2.09. The van der Waals surface area contributed by atoms with E-state index in [1.165, 1.54) is 0 Å². The second kappa shape index (κ2) is 9.46. The number of rotatable bonds is 6. The second-order valence-corrected chi connectivity index (χ2v) is 8.33. The Balaban J connectivity index is 1.63. The third kappa shape index (κ3) is 4.79. The van der Waals surface area contributed by atoms with Gasteiger partial charge in [-0.25, -0.2) is 14.5 Å². The first-order chi connectivity index (χ1) is 15.4. The SMILES string of the molecule is Cc1ccc(Cl)cc1-n1nc(C(=O)OCC(=O)c2ccc(Br)cc2)nc1-c1ccccc1. The van der Waals surface area contributed by atoms with Crippen molar-refractivity contribution >= 4 is 39.3 Å². The number of carbonyl (C=O) groups excluding carboxylic acids is 2. The Hall–Kier alpha value is -3.29. The second-order valence-electron chi connectivity index (χ2n) is 6.97. The van der Waals surface area contributed by atoms with Crippen LogP contribution in [-0.2, 0) is 4.74 Å². The summed E-state index contributed by atoms with van der Waals surface area (Å²) in [6.45, 7) is 1.50. The van der Waals surface area contributed by atoms with Gasteiger partial charge in [0.2, 0.25) is 0 Å². The number of ketones is 1. The Morgan fingerprint density at radius 2 is 1.75 bits per heavy atom. The molecule has 0 unspecified atom stereocenters. The number of aryl methyl sites for hydroxylation is 1. The molecule has 4 aromatic rings. The zero-order chi connectivity index (χ0) is 22.7. The van der Waals surface area contributed by atoms with Gasteiger partial charge in [-0.2, -0.15) is 0 Å². The lowest BCUT2D eigenvalue weighted by molar-refractivity contribution is 0.0462. The number of ether oxygens (including phenoxy) is 1. The van der Waals surface area contributed by atoms with Crippen LogP contribution in [0.1, 0.15) is 26.5 Å². The van der Waals surface area contributed by atoms with Crippen LogP contribution in [0, 0.1) is 6.92 Å². The van der Waals surface area contributed by atoms with E-state index in [2.05, 4.69) is 26.0 Å². The summed E-state index contributed by atoms with van der Waals surface area (Å²) in [4.78, 5) is 29.4. The maximum absolute atomic E-state index is 12.7. The van der Waals surface area contributed by atoms with Crippen LogP contribution in [0.3, 0.4) is 0 Å². The van der Waals surface area contributed by atoms with Crippen molar-refractivity contribution in [2.75, 3.05) is 6.61 Å². The molecule has 0 atom stereocenters. The number of halogens is 2. The smallest absolute Gasteiger partial charge is 0.378 e. The topological polar surface area (TPSA) is 74.1 Å². The van der Waals surface area contributed by atoms with Crippen molar-refractivity contribution in [2.24, 2.45) is 0 Å². The van der Waals surface area contributed by atoms with Gasteiger partial charge in [-0.1, -0.05) is 76.1 Å². The van der Waals surface area contributed by atoms with E-state index in [-0.39, 0.29) is 11.6 Å².